The molecule has 0 bridgehead atoms. The monoisotopic (exact) mass is 296 g/mol. The molecule has 1 saturated carbocycles. The molecule has 0 spiro atoms. The van der Waals surface area contributed by atoms with Gasteiger partial charge in [0.05, 0.1) is 4.90 Å². The number of carbonyl (C=O) groups excluding carboxylic acids is 1. The van der Waals surface area contributed by atoms with E-state index in [4.69, 9.17) is 0 Å². The molecule has 5 nitrogen and oxygen atoms in total. The Balaban J connectivity index is 2.05. The first-order chi connectivity index (χ1) is 9.51. The van der Waals surface area contributed by atoms with Crippen LogP contribution in [-0.4, -0.2) is 20.4 Å². The van der Waals surface area contributed by atoms with Gasteiger partial charge in [0.2, 0.25) is 15.9 Å². The van der Waals surface area contributed by atoms with E-state index in [2.05, 4.69) is 10.0 Å². The maximum Gasteiger partial charge on any atom is 0.240 e. The standard InChI is InChI=1S/C14H20N2O3S/c1-2-3-7-14(17)15-12-5-4-6-13(10-12)20(18,19)16-11-8-9-11/h4-6,10-11,16H,2-3,7-9H2,1H3,(H,15,17). The van der Waals surface area contributed by atoms with Gasteiger partial charge in [0.1, 0.15) is 0 Å². The lowest BCUT2D eigenvalue weighted by Gasteiger charge is -2.08. The van der Waals surface area contributed by atoms with Crippen molar-refractivity contribution in [2.75, 3.05) is 5.32 Å². The molecule has 1 fully saturated rings. The van der Waals surface area contributed by atoms with Gasteiger partial charge in [-0.05, 0) is 37.5 Å². The van der Waals surface area contributed by atoms with Gasteiger partial charge in [-0.25, -0.2) is 13.1 Å². The zero-order valence-electron chi connectivity index (χ0n) is 11.6. The molecule has 2 rings (SSSR count). The van der Waals surface area contributed by atoms with Crippen molar-refractivity contribution in [3.63, 3.8) is 0 Å². The second-order valence-electron chi connectivity index (χ2n) is 5.08. The molecular formula is C14H20N2O3S. The molecule has 0 aliphatic heterocycles. The van der Waals surface area contributed by atoms with Crippen molar-refractivity contribution in [1.82, 2.24) is 4.72 Å². The van der Waals surface area contributed by atoms with Crippen LogP contribution in [0.25, 0.3) is 0 Å². The molecule has 1 aromatic rings. The highest BCUT2D eigenvalue weighted by atomic mass is 32.2. The average Bonchev–Trinajstić information content (AvgIpc) is 3.20. The minimum Gasteiger partial charge on any atom is -0.326 e. The summed E-state index contributed by atoms with van der Waals surface area (Å²) < 4.78 is 26.8. The van der Waals surface area contributed by atoms with Crippen molar-refractivity contribution in [2.45, 2.75) is 50.0 Å². The Morgan fingerprint density at radius 3 is 2.75 bits per heavy atom. The van der Waals surface area contributed by atoms with Gasteiger partial charge in [0.25, 0.3) is 0 Å². The fraction of sp³-hybridized carbons (Fsp3) is 0.500. The lowest BCUT2D eigenvalue weighted by Crippen LogP contribution is -2.25. The number of unbranched alkanes of at least 4 members (excludes halogenated alkanes) is 1. The van der Waals surface area contributed by atoms with Crippen molar-refractivity contribution in [2.24, 2.45) is 0 Å². The first kappa shape index (κ1) is 15.0. The third kappa shape index (κ3) is 4.31. The van der Waals surface area contributed by atoms with E-state index in [1.807, 2.05) is 6.92 Å². The van der Waals surface area contributed by atoms with Crippen LogP contribution in [0, 0.1) is 0 Å². The number of benzene rings is 1. The molecular weight excluding hydrogens is 276 g/mol. The van der Waals surface area contributed by atoms with Crippen LogP contribution in [0.3, 0.4) is 0 Å². The molecule has 110 valence electrons. The second kappa shape index (κ2) is 6.37. The van der Waals surface area contributed by atoms with E-state index < -0.39 is 10.0 Å². The van der Waals surface area contributed by atoms with Gasteiger partial charge in [-0.1, -0.05) is 19.4 Å². The van der Waals surface area contributed by atoms with E-state index in [0.717, 1.165) is 25.7 Å². The topological polar surface area (TPSA) is 75.3 Å². The highest BCUT2D eigenvalue weighted by Gasteiger charge is 2.28. The van der Waals surface area contributed by atoms with Gasteiger partial charge in [-0.15, -0.1) is 0 Å². The fourth-order valence-electron chi connectivity index (χ4n) is 1.79. The van der Waals surface area contributed by atoms with E-state index >= 15 is 0 Å². The zero-order chi connectivity index (χ0) is 14.6. The number of rotatable bonds is 7. The van der Waals surface area contributed by atoms with E-state index in [-0.39, 0.29) is 16.8 Å². The fourth-order valence-corrected chi connectivity index (χ4v) is 3.14. The average molecular weight is 296 g/mol. The van der Waals surface area contributed by atoms with Crippen LogP contribution in [-0.2, 0) is 14.8 Å². The van der Waals surface area contributed by atoms with Gasteiger partial charge >= 0.3 is 0 Å². The van der Waals surface area contributed by atoms with Gasteiger partial charge in [0, 0.05) is 18.2 Å². The van der Waals surface area contributed by atoms with Crippen molar-refractivity contribution in [3.05, 3.63) is 24.3 Å². The van der Waals surface area contributed by atoms with Gasteiger partial charge < -0.3 is 5.32 Å². The summed E-state index contributed by atoms with van der Waals surface area (Å²) >= 11 is 0. The highest BCUT2D eigenvalue weighted by molar-refractivity contribution is 7.89. The van der Waals surface area contributed by atoms with E-state index in [1.165, 1.54) is 12.1 Å². The molecule has 1 aliphatic carbocycles. The molecule has 1 amide bonds. The van der Waals surface area contributed by atoms with Crippen LogP contribution in [0.4, 0.5) is 5.69 Å². The minimum atomic E-state index is -3.47. The SMILES string of the molecule is CCCCC(=O)Nc1cccc(S(=O)(=O)NC2CC2)c1. The molecule has 0 saturated heterocycles. The molecule has 6 heteroatoms. The van der Waals surface area contributed by atoms with Crippen LogP contribution in [0.5, 0.6) is 0 Å². The van der Waals surface area contributed by atoms with Gasteiger partial charge in [-0.3, -0.25) is 4.79 Å². The summed E-state index contributed by atoms with van der Waals surface area (Å²) in [6.07, 6.45) is 4.02. The smallest absolute Gasteiger partial charge is 0.240 e. The van der Waals surface area contributed by atoms with Crippen molar-refractivity contribution >= 4 is 21.6 Å². The molecule has 0 unspecified atom stereocenters. The van der Waals surface area contributed by atoms with Crippen LogP contribution in [0.1, 0.15) is 39.0 Å². The largest absolute Gasteiger partial charge is 0.326 e. The maximum absolute atomic E-state index is 12.1. The lowest BCUT2D eigenvalue weighted by atomic mass is 10.2. The van der Waals surface area contributed by atoms with Gasteiger partial charge in [-0.2, -0.15) is 0 Å². The quantitative estimate of drug-likeness (QED) is 0.810. The minimum absolute atomic E-state index is 0.0720. The van der Waals surface area contributed by atoms with Crippen LogP contribution < -0.4 is 10.0 Å². The number of carbonyl (C=O) groups is 1. The Bertz CT molecular complexity index is 580. The molecule has 0 aromatic heterocycles. The van der Waals surface area contributed by atoms with Crippen molar-refractivity contribution < 1.29 is 13.2 Å². The molecule has 1 aliphatic rings. The molecule has 2 N–H and O–H groups in total. The summed E-state index contributed by atoms with van der Waals surface area (Å²) in [5.41, 5.74) is 0.518. The Morgan fingerprint density at radius 2 is 2.10 bits per heavy atom. The number of anilines is 1. The predicted molar refractivity (Wildman–Crippen MR) is 77.9 cm³/mol. The maximum atomic E-state index is 12.1. The first-order valence-electron chi connectivity index (χ1n) is 6.93. The van der Waals surface area contributed by atoms with Crippen LogP contribution >= 0.6 is 0 Å². The summed E-state index contributed by atoms with van der Waals surface area (Å²) in [5.74, 6) is -0.0865. The summed E-state index contributed by atoms with van der Waals surface area (Å²) in [4.78, 5) is 11.8. The summed E-state index contributed by atoms with van der Waals surface area (Å²) in [6.45, 7) is 2.02. The Labute approximate surface area is 119 Å². The number of sulfonamides is 1. The molecule has 0 atom stereocenters. The summed E-state index contributed by atoms with van der Waals surface area (Å²) in [5, 5.41) is 2.73. The van der Waals surface area contributed by atoms with Crippen LogP contribution in [0.15, 0.2) is 29.2 Å². The third-order valence-corrected chi connectivity index (χ3v) is 4.60. The van der Waals surface area contributed by atoms with Crippen molar-refractivity contribution in [3.8, 4) is 0 Å². The Hall–Kier alpha value is -1.40. The van der Waals surface area contributed by atoms with Crippen LogP contribution in [0.2, 0.25) is 0 Å². The highest BCUT2D eigenvalue weighted by Crippen LogP contribution is 2.23. The number of hydrogen-bond donors (Lipinski definition) is 2. The van der Waals surface area contributed by atoms with E-state index in [0.29, 0.717) is 12.1 Å². The van der Waals surface area contributed by atoms with E-state index in [1.54, 1.807) is 12.1 Å². The number of amides is 1. The third-order valence-electron chi connectivity index (χ3n) is 3.08. The predicted octanol–water partition coefficient (Wildman–Crippen LogP) is 2.26. The normalized spacial score (nSPS) is 15.1. The Kier molecular flexibility index (Phi) is 4.77. The Morgan fingerprint density at radius 1 is 1.35 bits per heavy atom. The molecule has 1 aromatic carbocycles. The van der Waals surface area contributed by atoms with E-state index in [9.17, 15) is 13.2 Å². The summed E-state index contributed by atoms with van der Waals surface area (Å²) in [6, 6.07) is 6.43. The van der Waals surface area contributed by atoms with Gasteiger partial charge in [0.15, 0.2) is 0 Å². The lowest BCUT2D eigenvalue weighted by molar-refractivity contribution is -0.116. The first-order valence-corrected chi connectivity index (χ1v) is 8.42. The second-order valence-corrected chi connectivity index (χ2v) is 6.79. The molecule has 0 heterocycles. The molecule has 20 heavy (non-hydrogen) atoms. The van der Waals surface area contributed by atoms with Crippen molar-refractivity contribution in [1.29, 1.82) is 0 Å². The number of hydrogen-bond acceptors (Lipinski definition) is 3. The number of nitrogens with one attached hydrogen (secondary N) is 2. The zero-order valence-corrected chi connectivity index (χ0v) is 12.4. The molecule has 0 radical (unpaired) electrons. The summed E-state index contributed by atoms with van der Waals surface area (Å²) in [7, 11) is -3.47.